The average Bonchev–Trinajstić information content (AvgIpc) is 1.98. The minimum atomic E-state index is -2.74. The Morgan fingerprint density at radius 1 is 0.941 bits per heavy atom. The zero-order chi connectivity index (χ0) is 14.2. The van der Waals surface area contributed by atoms with Gasteiger partial charge in [-0.2, -0.15) is 0 Å². The molecule has 0 saturated heterocycles. The Hall–Kier alpha value is 0.0582. The number of carboxylic acids is 3. The molecule has 0 aliphatic carbocycles. The van der Waals surface area contributed by atoms with Crippen LogP contribution in [0.3, 0.4) is 0 Å². The van der Waals surface area contributed by atoms with Crippen molar-refractivity contribution >= 4 is 61.2 Å². The van der Waals surface area contributed by atoms with E-state index in [4.69, 9.17) is 46.9 Å². The summed E-state index contributed by atoms with van der Waals surface area (Å²) < 4.78 is 0. The maximum atomic E-state index is 10.3. The standard InChI is InChI=1S/C6H8O7.3ClH.Sb/c7-3(8)1-6(13,5(11)12)2-4(9)10;;;;/h13H,1-2H2,(H,7,8)(H,9,10)(H,11,12);3*1H;/q;;;;+3/p-3. The molecular weight excluding hydrogens is 412 g/mol. The van der Waals surface area contributed by atoms with Gasteiger partial charge >= 0.3 is 61.2 Å². The molecule has 17 heavy (non-hydrogen) atoms. The predicted molar refractivity (Wildman–Crippen MR) is 60.4 cm³/mol. The number of hydrogen-bond acceptors (Lipinski definition) is 4. The molecule has 4 N–H and O–H groups in total. The summed E-state index contributed by atoms with van der Waals surface area (Å²) in [6.45, 7) is 0. The summed E-state index contributed by atoms with van der Waals surface area (Å²) in [6, 6.07) is 0. The minimum absolute atomic E-state index is 1.14. The van der Waals surface area contributed by atoms with Crippen molar-refractivity contribution in [3.8, 4) is 0 Å². The molecule has 0 radical (unpaired) electrons. The maximum absolute atomic E-state index is 10.3. The van der Waals surface area contributed by atoms with Gasteiger partial charge in [-0.1, -0.05) is 0 Å². The van der Waals surface area contributed by atoms with Crippen LogP contribution in [-0.4, -0.2) is 60.7 Å². The van der Waals surface area contributed by atoms with Gasteiger partial charge in [0, 0.05) is 0 Å². The Balaban J connectivity index is 0. The van der Waals surface area contributed by atoms with E-state index in [9.17, 15) is 14.4 Å². The predicted octanol–water partition coefficient (Wildman–Crippen LogP) is 0.439. The number of aliphatic carboxylic acids is 3. The molecule has 0 rings (SSSR count). The third-order valence-corrected chi connectivity index (χ3v) is 1.29. The molecule has 7 nitrogen and oxygen atoms in total. The first-order chi connectivity index (χ1) is 7.51. The Morgan fingerprint density at radius 2 is 1.18 bits per heavy atom. The van der Waals surface area contributed by atoms with Crippen molar-refractivity contribution in [1.29, 1.82) is 0 Å². The van der Waals surface area contributed by atoms with Crippen LogP contribution in [0.2, 0.25) is 0 Å². The molecule has 0 heterocycles. The van der Waals surface area contributed by atoms with Gasteiger partial charge < -0.3 is 20.4 Å². The fraction of sp³-hybridized carbons (Fsp3) is 0.500. The molecule has 100 valence electrons. The van der Waals surface area contributed by atoms with E-state index in [0.717, 1.165) is 0 Å². The summed E-state index contributed by atoms with van der Waals surface area (Å²) >= 11 is -2.03. The average molecular weight is 420 g/mol. The van der Waals surface area contributed by atoms with Crippen LogP contribution < -0.4 is 0 Å². The molecule has 0 aliphatic heterocycles. The quantitative estimate of drug-likeness (QED) is 0.475. The Labute approximate surface area is 114 Å². The first-order valence-electron chi connectivity index (χ1n) is 3.68. The van der Waals surface area contributed by atoms with Crippen molar-refractivity contribution in [3.63, 3.8) is 0 Å². The summed E-state index contributed by atoms with van der Waals surface area (Å²) in [5.41, 5.74) is -2.74. The zero-order valence-electron chi connectivity index (χ0n) is 8.01. The Kier molecular flexibility index (Phi) is 10.3. The van der Waals surface area contributed by atoms with Gasteiger partial charge in [0.25, 0.3) is 0 Å². The van der Waals surface area contributed by atoms with E-state index >= 15 is 0 Å². The molecule has 0 aliphatic rings. The van der Waals surface area contributed by atoms with Crippen molar-refractivity contribution in [2.45, 2.75) is 18.4 Å². The van der Waals surface area contributed by atoms with Gasteiger partial charge in [0.05, 0.1) is 12.8 Å². The van der Waals surface area contributed by atoms with Crippen LogP contribution in [0.4, 0.5) is 0 Å². The van der Waals surface area contributed by atoms with Crippen molar-refractivity contribution in [2.75, 3.05) is 0 Å². The number of carboxylic acid groups (broad SMARTS) is 3. The van der Waals surface area contributed by atoms with Crippen LogP contribution in [0.5, 0.6) is 0 Å². The summed E-state index contributed by atoms with van der Waals surface area (Å²) in [5, 5.41) is 33.8. The van der Waals surface area contributed by atoms with E-state index < -0.39 is 53.1 Å². The molecule has 0 unspecified atom stereocenters. The van der Waals surface area contributed by atoms with E-state index in [2.05, 4.69) is 0 Å². The second kappa shape index (κ2) is 9.05. The molecule has 0 amide bonds. The van der Waals surface area contributed by atoms with Crippen LogP contribution in [-0.2, 0) is 14.4 Å². The molecule has 0 aromatic heterocycles. The third-order valence-electron chi connectivity index (χ3n) is 1.29. The Morgan fingerprint density at radius 3 is 1.29 bits per heavy atom. The van der Waals surface area contributed by atoms with Crippen molar-refractivity contribution < 1.29 is 34.8 Å². The van der Waals surface area contributed by atoms with Gasteiger partial charge in [-0.05, 0) is 0 Å². The van der Waals surface area contributed by atoms with Gasteiger partial charge in [0.15, 0.2) is 5.60 Å². The van der Waals surface area contributed by atoms with Crippen LogP contribution in [0.15, 0.2) is 0 Å². The van der Waals surface area contributed by atoms with Crippen molar-refractivity contribution in [2.24, 2.45) is 0 Å². The van der Waals surface area contributed by atoms with Gasteiger partial charge in [-0.25, -0.2) is 4.79 Å². The zero-order valence-corrected chi connectivity index (χ0v) is 12.8. The molecule has 0 fully saturated rings. The number of halogens is 3. The Bertz CT molecular complexity index is 277. The van der Waals surface area contributed by atoms with Gasteiger partial charge in [-0.15, -0.1) is 0 Å². The fourth-order valence-electron chi connectivity index (χ4n) is 0.714. The van der Waals surface area contributed by atoms with Crippen LogP contribution in [0.25, 0.3) is 0 Å². The summed E-state index contributed by atoms with van der Waals surface area (Å²) in [4.78, 5) is 30.5. The van der Waals surface area contributed by atoms with E-state index in [-0.39, 0.29) is 0 Å². The fourth-order valence-corrected chi connectivity index (χ4v) is 0.714. The van der Waals surface area contributed by atoms with Crippen LogP contribution in [0, 0.1) is 0 Å². The SMILES string of the molecule is O=C(O)CC(O)(CC(=O)O)C(=O)O.[Cl][Sb]([Cl])[Cl]. The van der Waals surface area contributed by atoms with Crippen LogP contribution in [0.1, 0.15) is 12.8 Å². The molecule has 0 spiro atoms. The van der Waals surface area contributed by atoms with E-state index in [1.165, 1.54) is 0 Å². The molecule has 0 aromatic rings. The van der Waals surface area contributed by atoms with Gasteiger partial charge in [0.2, 0.25) is 0 Å². The normalized spacial score (nSPS) is 10.4. The number of hydrogen-bond donors (Lipinski definition) is 4. The molecular formula is C6H8Cl3O7Sb. The van der Waals surface area contributed by atoms with Gasteiger partial charge in [-0.3, -0.25) is 9.59 Å². The first kappa shape index (κ1) is 19.4. The molecule has 0 bridgehead atoms. The molecule has 0 saturated carbocycles. The van der Waals surface area contributed by atoms with Crippen molar-refractivity contribution in [3.05, 3.63) is 0 Å². The van der Waals surface area contributed by atoms with Crippen LogP contribution >= 0.6 is 26.5 Å². The van der Waals surface area contributed by atoms with Crippen molar-refractivity contribution in [1.82, 2.24) is 0 Å². The summed E-state index contributed by atoms with van der Waals surface area (Å²) in [5.74, 6) is -5.02. The summed E-state index contributed by atoms with van der Waals surface area (Å²) in [6.07, 6.45) is -2.29. The number of rotatable bonds is 5. The van der Waals surface area contributed by atoms with Gasteiger partial charge in [0.1, 0.15) is 0 Å². The van der Waals surface area contributed by atoms with E-state index in [1.807, 2.05) is 0 Å². The first-order valence-corrected chi connectivity index (χ1v) is 13.4. The number of aliphatic hydroxyl groups is 1. The van der Waals surface area contributed by atoms with E-state index in [0.29, 0.717) is 0 Å². The molecule has 0 aromatic carbocycles. The molecule has 11 heteroatoms. The number of carbonyl (C=O) groups is 3. The van der Waals surface area contributed by atoms with E-state index in [1.54, 1.807) is 0 Å². The summed E-state index contributed by atoms with van der Waals surface area (Å²) in [7, 11) is 15.0. The monoisotopic (exact) mass is 418 g/mol. The topological polar surface area (TPSA) is 132 Å². The third kappa shape index (κ3) is 12.3. The molecule has 0 atom stereocenters. The second-order valence-corrected chi connectivity index (χ2v) is 14.0. The second-order valence-electron chi connectivity index (χ2n) is 2.67.